The van der Waals surface area contributed by atoms with Crippen molar-refractivity contribution in [3.8, 4) is 5.75 Å². The van der Waals surface area contributed by atoms with E-state index in [-0.39, 0.29) is 35.8 Å². The van der Waals surface area contributed by atoms with Crippen LogP contribution in [0.5, 0.6) is 5.75 Å². The molecule has 0 saturated heterocycles. The minimum Gasteiger partial charge on any atom is -0.482 e. The maximum Gasteiger partial charge on any atom is 0.261 e. The van der Waals surface area contributed by atoms with Gasteiger partial charge in [0, 0.05) is 18.1 Å². The van der Waals surface area contributed by atoms with E-state index in [2.05, 4.69) is 5.32 Å². The Balaban J connectivity index is 2.18. The third-order valence-corrected chi connectivity index (χ3v) is 5.26. The molecular weight excluding hydrogens is 442 g/mol. The Hall–Kier alpha value is -2.31. The molecule has 5 nitrogen and oxygen atoms in total. The largest absolute Gasteiger partial charge is 0.482 e. The molecule has 31 heavy (non-hydrogen) atoms. The van der Waals surface area contributed by atoms with Gasteiger partial charge in [-0.3, -0.25) is 9.59 Å². The number of halogens is 3. The Morgan fingerprint density at radius 3 is 2.45 bits per heavy atom. The quantitative estimate of drug-likeness (QED) is 0.459. The first kappa shape index (κ1) is 25.0. The van der Waals surface area contributed by atoms with Gasteiger partial charge in [-0.05, 0) is 48.7 Å². The van der Waals surface area contributed by atoms with Crippen LogP contribution in [-0.4, -0.2) is 35.9 Å². The van der Waals surface area contributed by atoms with Gasteiger partial charge < -0.3 is 15.0 Å². The van der Waals surface area contributed by atoms with Gasteiger partial charge >= 0.3 is 0 Å². The molecule has 0 spiro atoms. The van der Waals surface area contributed by atoms with Crippen molar-refractivity contribution in [3.05, 3.63) is 63.9 Å². The summed E-state index contributed by atoms with van der Waals surface area (Å²) in [5.74, 6) is -0.656. The zero-order valence-corrected chi connectivity index (χ0v) is 19.2. The molecule has 0 aromatic heterocycles. The van der Waals surface area contributed by atoms with Crippen molar-refractivity contribution in [3.63, 3.8) is 0 Å². The van der Waals surface area contributed by atoms with E-state index in [0.29, 0.717) is 29.3 Å². The van der Waals surface area contributed by atoms with Crippen LogP contribution >= 0.6 is 23.2 Å². The van der Waals surface area contributed by atoms with Crippen LogP contribution in [-0.2, 0) is 16.1 Å². The van der Waals surface area contributed by atoms with Crippen molar-refractivity contribution in [2.24, 2.45) is 0 Å². The zero-order chi connectivity index (χ0) is 22.8. The van der Waals surface area contributed by atoms with Gasteiger partial charge in [0.2, 0.25) is 5.91 Å². The number of carbonyl (C=O) groups is 2. The molecule has 0 heterocycles. The number of nitrogens with zero attached hydrogens (tertiary/aromatic N) is 1. The molecule has 0 aliphatic heterocycles. The fourth-order valence-corrected chi connectivity index (χ4v) is 3.49. The first-order valence-electron chi connectivity index (χ1n) is 10.2. The van der Waals surface area contributed by atoms with Crippen molar-refractivity contribution in [1.82, 2.24) is 10.2 Å². The van der Waals surface area contributed by atoms with E-state index in [1.165, 1.54) is 23.1 Å². The fourth-order valence-electron chi connectivity index (χ4n) is 3.03. The van der Waals surface area contributed by atoms with Crippen LogP contribution in [0.3, 0.4) is 0 Å². The van der Waals surface area contributed by atoms with Crippen molar-refractivity contribution in [1.29, 1.82) is 0 Å². The molecule has 2 amide bonds. The molecule has 1 unspecified atom stereocenters. The minimum absolute atomic E-state index is 0.149. The first-order chi connectivity index (χ1) is 14.8. The molecule has 0 bridgehead atoms. The van der Waals surface area contributed by atoms with Gasteiger partial charge in [-0.1, -0.05) is 55.6 Å². The van der Waals surface area contributed by atoms with Crippen LogP contribution in [0.25, 0.3) is 0 Å². The Bertz CT molecular complexity index is 878. The average molecular weight is 469 g/mol. The number of ether oxygens (including phenoxy) is 1. The molecule has 2 aromatic carbocycles. The summed E-state index contributed by atoms with van der Waals surface area (Å²) in [6.45, 7) is 4.26. The summed E-state index contributed by atoms with van der Waals surface area (Å²) in [5.41, 5.74) is 0.707. The Morgan fingerprint density at radius 1 is 1.13 bits per heavy atom. The molecular formula is C23H27Cl2FN2O3. The minimum atomic E-state index is -0.682. The third kappa shape index (κ3) is 7.71. The molecule has 2 rings (SSSR count). The molecule has 0 radical (unpaired) electrons. The standard InChI is InChI=1S/C23H27Cl2FN2O3/c1-3-5-12-27-23(30)20(4-2)28(14-16-6-9-18(26)10-7-16)22(29)15-31-21-11-8-17(24)13-19(21)25/h6-11,13,20H,3-5,12,14-15H2,1-2H3,(H,27,30). The lowest BCUT2D eigenvalue weighted by molar-refractivity contribution is -0.143. The fraction of sp³-hybridized carbons (Fsp3) is 0.391. The zero-order valence-electron chi connectivity index (χ0n) is 17.7. The number of hydrogen-bond acceptors (Lipinski definition) is 3. The average Bonchev–Trinajstić information content (AvgIpc) is 2.74. The van der Waals surface area contributed by atoms with Crippen molar-refractivity contribution >= 4 is 35.0 Å². The van der Waals surface area contributed by atoms with Crippen LogP contribution < -0.4 is 10.1 Å². The number of unbranched alkanes of at least 4 members (excludes halogenated alkanes) is 1. The summed E-state index contributed by atoms with van der Waals surface area (Å²) in [6.07, 6.45) is 2.23. The maximum absolute atomic E-state index is 13.3. The highest BCUT2D eigenvalue weighted by molar-refractivity contribution is 6.35. The van der Waals surface area contributed by atoms with Crippen LogP contribution in [0.15, 0.2) is 42.5 Å². The molecule has 0 aliphatic rings. The Kier molecular flexibility index (Phi) is 10.1. The number of rotatable bonds is 11. The molecule has 168 valence electrons. The van der Waals surface area contributed by atoms with Crippen LogP contribution in [0.2, 0.25) is 10.0 Å². The molecule has 1 atom stereocenters. The maximum atomic E-state index is 13.3. The summed E-state index contributed by atoms with van der Waals surface area (Å²) in [6, 6.07) is 9.86. The second-order valence-corrected chi connectivity index (χ2v) is 7.92. The van der Waals surface area contributed by atoms with Gasteiger partial charge in [-0.25, -0.2) is 4.39 Å². The van der Waals surface area contributed by atoms with Gasteiger partial charge in [0.25, 0.3) is 5.91 Å². The Morgan fingerprint density at radius 2 is 1.84 bits per heavy atom. The smallest absolute Gasteiger partial charge is 0.261 e. The summed E-state index contributed by atoms with van der Waals surface area (Å²) < 4.78 is 18.9. The van der Waals surface area contributed by atoms with E-state index in [1.54, 1.807) is 24.3 Å². The highest BCUT2D eigenvalue weighted by Crippen LogP contribution is 2.27. The topological polar surface area (TPSA) is 58.6 Å². The van der Waals surface area contributed by atoms with Gasteiger partial charge in [0.05, 0.1) is 5.02 Å². The number of nitrogens with one attached hydrogen (secondary N) is 1. The normalized spacial score (nSPS) is 11.6. The molecule has 2 aromatic rings. The van der Waals surface area contributed by atoms with Crippen LogP contribution in [0, 0.1) is 5.82 Å². The molecule has 1 N–H and O–H groups in total. The van der Waals surface area contributed by atoms with E-state index in [4.69, 9.17) is 27.9 Å². The third-order valence-electron chi connectivity index (χ3n) is 4.73. The molecule has 8 heteroatoms. The summed E-state index contributed by atoms with van der Waals surface area (Å²) >= 11 is 12.0. The monoisotopic (exact) mass is 468 g/mol. The number of amides is 2. The first-order valence-corrected chi connectivity index (χ1v) is 11.0. The van der Waals surface area contributed by atoms with Crippen LogP contribution in [0.1, 0.15) is 38.7 Å². The van der Waals surface area contributed by atoms with Crippen molar-refractivity contribution in [2.75, 3.05) is 13.2 Å². The molecule has 0 saturated carbocycles. The van der Waals surface area contributed by atoms with E-state index < -0.39 is 6.04 Å². The van der Waals surface area contributed by atoms with E-state index in [0.717, 1.165) is 12.8 Å². The van der Waals surface area contributed by atoms with Gasteiger partial charge in [0.15, 0.2) is 6.61 Å². The Labute approximate surface area is 192 Å². The molecule has 0 fully saturated rings. The lowest BCUT2D eigenvalue weighted by atomic mass is 10.1. The lowest BCUT2D eigenvalue weighted by Crippen LogP contribution is -2.50. The van der Waals surface area contributed by atoms with Crippen molar-refractivity contribution in [2.45, 2.75) is 45.7 Å². The summed E-state index contributed by atoms with van der Waals surface area (Å²) in [7, 11) is 0. The lowest BCUT2D eigenvalue weighted by Gasteiger charge is -2.30. The highest BCUT2D eigenvalue weighted by Gasteiger charge is 2.29. The van der Waals surface area contributed by atoms with Gasteiger partial charge in [-0.15, -0.1) is 0 Å². The molecule has 0 aliphatic carbocycles. The number of benzene rings is 2. The predicted octanol–water partition coefficient (Wildman–Crippen LogP) is 5.24. The van der Waals surface area contributed by atoms with Gasteiger partial charge in [0.1, 0.15) is 17.6 Å². The van der Waals surface area contributed by atoms with Crippen LogP contribution in [0.4, 0.5) is 4.39 Å². The summed E-state index contributed by atoms with van der Waals surface area (Å²) in [5, 5.41) is 3.63. The number of carbonyl (C=O) groups excluding carboxylic acids is 2. The predicted molar refractivity (Wildman–Crippen MR) is 121 cm³/mol. The van der Waals surface area contributed by atoms with E-state index in [1.807, 2.05) is 13.8 Å². The number of hydrogen-bond donors (Lipinski definition) is 1. The van der Waals surface area contributed by atoms with E-state index in [9.17, 15) is 14.0 Å². The van der Waals surface area contributed by atoms with E-state index >= 15 is 0 Å². The SMILES string of the molecule is CCCCNC(=O)C(CC)N(Cc1ccc(F)cc1)C(=O)COc1ccc(Cl)cc1Cl. The van der Waals surface area contributed by atoms with Crippen molar-refractivity contribution < 1.29 is 18.7 Å². The second kappa shape index (κ2) is 12.5. The van der Waals surface area contributed by atoms with Gasteiger partial charge in [-0.2, -0.15) is 0 Å². The highest BCUT2D eigenvalue weighted by atomic mass is 35.5. The summed E-state index contributed by atoms with van der Waals surface area (Å²) in [4.78, 5) is 27.3. The second-order valence-electron chi connectivity index (χ2n) is 7.08.